The number of benzene rings is 3. The first kappa shape index (κ1) is 13.9. The number of fused-ring (bicyclic) bond motifs is 2. The van der Waals surface area contributed by atoms with Crippen molar-refractivity contribution in [1.29, 1.82) is 0 Å². The molecule has 0 aliphatic carbocycles. The number of hydrogen-bond acceptors (Lipinski definition) is 2. The maximum absolute atomic E-state index is 4.89. The first-order valence-corrected chi connectivity index (χ1v) is 8.27. The summed E-state index contributed by atoms with van der Waals surface area (Å²) in [6, 6.07) is 27.1. The predicted molar refractivity (Wildman–Crippen MR) is 102 cm³/mol. The summed E-state index contributed by atoms with van der Waals surface area (Å²) in [5.41, 5.74) is 4.14. The Morgan fingerprint density at radius 2 is 1.52 bits per heavy atom. The summed E-state index contributed by atoms with van der Waals surface area (Å²) in [5.74, 6) is 0.931. The molecule has 0 saturated heterocycles. The van der Waals surface area contributed by atoms with Crippen molar-refractivity contribution in [3.05, 3.63) is 91.3 Å². The van der Waals surface area contributed by atoms with Gasteiger partial charge in [0.15, 0.2) is 0 Å². The minimum atomic E-state index is 0.931. The summed E-state index contributed by atoms with van der Waals surface area (Å²) < 4.78 is 2.17. The molecule has 3 aromatic carbocycles. The lowest BCUT2D eigenvalue weighted by molar-refractivity contribution is 1.10. The molecule has 0 amide bonds. The molecule has 0 bridgehead atoms. The van der Waals surface area contributed by atoms with Crippen molar-refractivity contribution < 1.29 is 0 Å². The van der Waals surface area contributed by atoms with E-state index >= 15 is 0 Å². The standard InChI is InChI=1S/C22H15N3/c1-2-8-19(9-3-1)25-21-15-23-13-12-20(21)24-22(25)18-11-10-16-6-4-5-7-17(16)14-18/h1-15H. The molecule has 0 atom stereocenters. The second-order valence-corrected chi connectivity index (χ2v) is 6.03. The van der Waals surface area contributed by atoms with E-state index in [4.69, 9.17) is 4.98 Å². The fourth-order valence-corrected chi connectivity index (χ4v) is 3.28. The smallest absolute Gasteiger partial charge is 0.145 e. The Balaban J connectivity index is 1.83. The van der Waals surface area contributed by atoms with Gasteiger partial charge in [0.25, 0.3) is 0 Å². The SMILES string of the molecule is c1ccc(-n2c(-c3ccc4ccccc4c3)nc3ccncc32)cc1. The molecule has 25 heavy (non-hydrogen) atoms. The van der Waals surface area contributed by atoms with Gasteiger partial charge in [0.1, 0.15) is 5.82 Å². The third kappa shape index (κ3) is 2.29. The number of rotatable bonds is 2. The molecular formula is C22H15N3. The van der Waals surface area contributed by atoms with E-state index in [-0.39, 0.29) is 0 Å². The van der Waals surface area contributed by atoms with Gasteiger partial charge in [0.2, 0.25) is 0 Å². The highest BCUT2D eigenvalue weighted by molar-refractivity contribution is 5.89. The van der Waals surface area contributed by atoms with E-state index in [0.29, 0.717) is 0 Å². The number of imidazole rings is 1. The van der Waals surface area contributed by atoms with E-state index in [1.165, 1.54) is 10.8 Å². The molecule has 0 radical (unpaired) electrons. The Morgan fingerprint density at radius 1 is 0.720 bits per heavy atom. The van der Waals surface area contributed by atoms with E-state index in [1.807, 2.05) is 30.5 Å². The van der Waals surface area contributed by atoms with Crippen LogP contribution >= 0.6 is 0 Å². The fourth-order valence-electron chi connectivity index (χ4n) is 3.28. The molecule has 0 fully saturated rings. The average Bonchev–Trinajstić information content (AvgIpc) is 3.08. The Bertz CT molecular complexity index is 1190. The summed E-state index contributed by atoms with van der Waals surface area (Å²) in [7, 11) is 0. The van der Waals surface area contributed by atoms with Gasteiger partial charge in [-0.2, -0.15) is 0 Å². The molecule has 5 rings (SSSR count). The third-order valence-corrected chi connectivity index (χ3v) is 4.48. The number of para-hydroxylation sites is 1. The Morgan fingerprint density at radius 3 is 2.40 bits per heavy atom. The van der Waals surface area contributed by atoms with Gasteiger partial charge in [-0.15, -0.1) is 0 Å². The van der Waals surface area contributed by atoms with Crippen LogP contribution in [0.2, 0.25) is 0 Å². The monoisotopic (exact) mass is 321 g/mol. The molecule has 0 aliphatic rings. The van der Waals surface area contributed by atoms with Crippen molar-refractivity contribution in [2.75, 3.05) is 0 Å². The van der Waals surface area contributed by atoms with Gasteiger partial charge in [-0.25, -0.2) is 4.98 Å². The molecule has 5 aromatic rings. The molecule has 3 nitrogen and oxygen atoms in total. The lowest BCUT2D eigenvalue weighted by atomic mass is 10.1. The van der Waals surface area contributed by atoms with Crippen molar-refractivity contribution in [1.82, 2.24) is 14.5 Å². The highest BCUT2D eigenvalue weighted by Gasteiger charge is 2.14. The summed E-state index contributed by atoms with van der Waals surface area (Å²) in [4.78, 5) is 9.18. The third-order valence-electron chi connectivity index (χ3n) is 4.48. The predicted octanol–water partition coefficient (Wildman–Crippen LogP) is 5.24. The van der Waals surface area contributed by atoms with Crippen LogP contribution in [-0.2, 0) is 0 Å². The summed E-state index contributed by atoms with van der Waals surface area (Å²) in [5, 5.41) is 2.44. The molecule has 3 heteroatoms. The first-order valence-electron chi connectivity index (χ1n) is 8.27. The maximum Gasteiger partial charge on any atom is 0.145 e. The minimum absolute atomic E-state index is 0.931. The molecular weight excluding hydrogens is 306 g/mol. The summed E-state index contributed by atoms with van der Waals surface area (Å²) in [6.45, 7) is 0. The van der Waals surface area contributed by atoms with Crippen molar-refractivity contribution >= 4 is 21.8 Å². The number of nitrogens with zero attached hydrogens (tertiary/aromatic N) is 3. The van der Waals surface area contributed by atoms with Crippen LogP contribution in [0.15, 0.2) is 91.3 Å². The van der Waals surface area contributed by atoms with Crippen LogP contribution in [0.4, 0.5) is 0 Å². The molecule has 0 unspecified atom stereocenters. The van der Waals surface area contributed by atoms with E-state index in [0.717, 1.165) is 28.1 Å². The van der Waals surface area contributed by atoms with Crippen LogP contribution in [0, 0.1) is 0 Å². The van der Waals surface area contributed by atoms with E-state index in [1.54, 1.807) is 6.20 Å². The molecule has 118 valence electrons. The topological polar surface area (TPSA) is 30.7 Å². The zero-order valence-corrected chi connectivity index (χ0v) is 13.5. The second-order valence-electron chi connectivity index (χ2n) is 6.03. The largest absolute Gasteiger partial charge is 0.291 e. The van der Waals surface area contributed by atoms with Crippen LogP contribution in [0.3, 0.4) is 0 Å². The van der Waals surface area contributed by atoms with Crippen LogP contribution in [-0.4, -0.2) is 14.5 Å². The average molecular weight is 321 g/mol. The van der Waals surface area contributed by atoms with Gasteiger partial charge in [-0.3, -0.25) is 9.55 Å². The van der Waals surface area contributed by atoms with Gasteiger partial charge in [-0.05, 0) is 35.0 Å². The summed E-state index contributed by atoms with van der Waals surface area (Å²) >= 11 is 0. The Hall–Kier alpha value is -3.46. The Labute approximate surface area is 145 Å². The molecule has 2 aromatic heterocycles. The maximum atomic E-state index is 4.89. The van der Waals surface area contributed by atoms with Crippen molar-refractivity contribution in [2.45, 2.75) is 0 Å². The normalized spacial score (nSPS) is 11.2. The first-order chi connectivity index (χ1) is 12.4. The van der Waals surface area contributed by atoms with Gasteiger partial charge in [0, 0.05) is 17.4 Å². The van der Waals surface area contributed by atoms with Gasteiger partial charge >= 0.3 is 0 Å². The zero-order chi connectivity index (χ0) is 16.6. The second kappa shape index (κ2) is 5.56. The quantitative estimate of drug-likeness (QED) is 0.445. The fraction of sp³-hybridized carbons (Fsp3) is 0. The molecule has 0 saturated carbocycles. The van der Waals surface area contributed by atoms with E-state index < -0.39 is 0 Å². The number of hydrogen-bond donors (Lipinski definition) is 0. The Kier molecular flexibility index (Phi) is 3.10. The van der Waals surface area contributed by atoms with Gasteiger partial charge < -0.3 is 0 Å². The van der Waals surface area contributed by atoms with Crippen LogP contribution in [0.1, 0.15) is 0 Å². The van der Waals surface area contributed by atoms with Crippen molar-refractivity contribution in [3.8, 4) is 17.1 Å². The molecule has 0 spiro atoms. The lowest BCUT2D eigenvalue weighted by Crippen LogP contribution is -1.97. The number of pyridine rings is 1. The van der Waals surface area contributed by atoms with Gasteiger partial charge in [0.05, 0.1) is 17.2 Å². The van der Waals surface area contributed by atoms with Crippen LogP contribution in [0.5, 0.6) is 0 Å². The van der Waals surface area contributed by atoms with E-state index in [9.17, 15) is 0 Å². The zero-order valence-electron chi connectivity index (χ0n) is 13.5. The number of aromatic nitrogens is 3. The highest BCUT2D eigenvalue weighted by atomic mass is 15.1. The summed E-state index contributed by atoms with van der Waals surface area (Å²) in [6.07, 6.45) is 3.66. The van der Waals surface area contributed by atoms with Crippen LogP contribution < -0.4 is 0 Å². The molecule has 0 aliphatic heterocycles. The molecule has 0 N–H and O–H groups in total. The van der Waals surface area contributed by atoms with Crippen molar-refractivity contribution in [2.24, 2.45) is 0 Å². The minimum Gasteiger partial charge on any atom is -0.291 e. The van der Waals surface area contributed by atoms with E-state index in [2.05, 4.69) is 64.1 Å². The lowest BCUT2D eigenvalue weighted by Gasteiger charge is -2.10. The van der Waals surface area contributed by atoms with Gasteiger partial charge in [-0.1, -0.05) is 54.6 Å². The van der Waals surface area contributed by atoms with Crippen molar-refractivity contribution in [3.63, 3.8) is 0 Å². The van der Waals surface area contributed by atoms with Crippen LogP contribution in [0.25, 0.3) is 38.9 Å². The molecule has 2 heterocycles. The highest BCUT2D eigenvalue weighted by Crippen LogP contribution is 2.30.